The number of hydrogen-bond acceptors (Lipinski definition) is 2. The van der Waals surface area contributed by atoms with Gasteiger partial charge in [0.2, 0.25) is 0 Å². The Morgan fingerprint density at radius 1 is 1.31 bits per heavy atom. The number of aromatic nitrogens is 1. The van der Waals surface area contributed by atoms with Crippen molar-refractivity contribution in [3.8, 4) is 0 Å². The molecule has 0 aliphatic rings. The molecule has 0 amide bonds. The molecular weight excluding hydrogens is 208 g/mol. The van der Waals surface area contributed by atoms with E-state index in [2.05, 4.69) is 4.98 Å². The van der Waals surface area contributed by atoms with Crippen LogP contribution >= 0.6 is 0 Å². The summed E-state index contributed by atoms with van der Waals surface area (Å²) < 4.78 is 35.4. The van der Waals surface area contributed by atoms with Gasteiger partial charge in [0, 0.05) is 5.82 Å². The molecule has 1 rings (SSSR count). The largest absolute Gasteiger partial charge is 1.00 e. The molecule has 1 heterocycles. The van der Waals surface area contributed by atoms with E-state index in [0.717, 1.165) is 12.1 Å². The number of halogens is 3. The van der Waals surface area contributed by atoms with E-state index >= 15 is 0 Å². The molecule has 68 valence electrons. The van der Waals surface area contributed by atoms with E-state index in [9.17, 15) is 13.2 Å². The van der Waals surface area contributed by atoms with Crippen LogP contribution in [0.1, 0.15) is 5.56 Å². The van der Waals surface area contributed by atoms with Crippen molar-refractivity contribution >= 4 is 5.82 Å². The maximum absolute atomic E-state index is 11.8. The van der Waals surface area contributed by atoms with Gasteiger partial charge in [0.05, 0.1) is 0 Å². The summed E-state index contributed by atoms with van der Waals surface area (Å²) in [5.74, 6) is 0.0259. The van der Waals surface area contributed by atoms with Gasteiger partial charge in [0.25, 0.3) is 0 Å². The molecule has 0 unspecified atom stereocenters. The Kier molecular flexibility index (Phi) is 7.27. The molecule has 0 aliphatic carbocycles. The quantitative estimate of drug-likeness (QED) is 0.442. The van der Waals surface area contributed by atoms with Crippen LogP contribution in [0.4, 0.5) is 19.0 Å². The average molecular weight is 215 g/mol. The van der Waals surface area contributed by atoms with Crippen LogP contribution in [0, 0.1) is 13.6 Å². The first-order valence-corrected chi connectivity index (χ1v) is 2.71. The number of hydrogen-bond donors (Lipinski definition) is 1. The molecule has 0 saturated carbocycles. The zero-order valence-corrected chi connectivity index (χ0v) is 10.4. The van der Waals surface area contributed by atoms with Crippen molar-refractivity contribution < 1.29 is 64.6 Å². The van der Waals surface area contributed by atoms with E-state index < -0.39 is 11.7 Å². The Balaban J connectivity index is 0. The molecule has 0 fully saturated rings. The number of nitrogens with two attached hydrogens (primary N) is 1. The molecule has 0 aliphatic heterocycles. The van der Waals surface area contributed by atoms with Crippen molar-refractivity contribution in [2.75, 3.05) is 5.73 Å². The summed E-state index contributed by atoms with van der Waals surface area (Å²) in [5.41, 5.74) is 4.15. The number of nitrogens with zero attached hydrogens (tertiary/aromatic N) is 1. The molecule has 0 spiro atoms. The molecule has 1 aromatic rings. The van der Waals surface area contributed by atoms with Crippen LogP contribution in [0.5, 0.6) is 0 Å². The predicted octanol–water partition coefficient (Wildman–Crippen LogP) is -1.06. The van der Waals surface area contributed by atoms with Gasteiger partial charge in [0.15, 0.2) is 0 Å². The minimum Gasteiger partial charge on any atom is -0.435 e. The van der Waals surface area contributed by atoms with Crippen LogP contribution in [0.2, 0.25) is 0 Å². The van der Waals surface area contributed by atoms with Gasteiger partial charge in [-0.15, -0.1) is 6.07 Å². The maximum Gasteiger partial charge on any atom is 1.00 e. The first kappa shape index (κ1) is 15.8. The molecular formula is C7H7F3KN2-. The molecule has 2 nitrogen and oxygen atoms in total. The number of alkyl halides is 3. The van der Waals surface area contributed by atoms with Crippen molar-refractivity contribution in [2.45, 2.75) is 6.18 Å². The number of anilines is 1. The summed E-state index contributed by atoms with van der Waals surface area (Å²) in [6.07, 6.45) is -2.61. The summed E-state index contributed by atoms with van der Waals surface area (Å²) in [4.78, 5) is 3.18. The fourth-order valence-electron chi connectivity index (χ4n) is 0.526. The van der Waals surface area contributed by atoms with Crippen LogP contribution in [-0.4, -0.2) is 4.98 Å². The Bertz CT molecular complexity index is 245. The molecule has 0 aromatic carbocycles. The second-order valence-electron chi connectivity index (χ2n) is 1.89. The molecule has 2 N–H and O–H groups in total. The van der Waals surface area contributed by atoms with Gasteiger partial charge in [-0.2, -0.15) is 19.2 Å². The molecule has 6 heteroatoms. The van der Waals surface area contributed by atoms with E-state index in [1.807, 2.05) is 0 Å². The zero-order valence-electron chi connectivity index (χ0n) is 7.31. The Hall–Kier alpha value is 0.376. The standard InChI is InChI=1S/C6H4F3N2.CH3.K/c7-6(8,9)4-1-2-5(10)11-3-4;;/h1-2H,(H2,10,11);1H3;/q2*-1;+1. The third-order valence-electron chi connectivity index (χ3n) is 1.03. The van der Waals surface area contributed by atoms with E-state index in [1.165, 1.54) is 0 Å². The summed E-state index contributed by atoms with van der Waals surface area (Å²) in [5, 5.41) is 0. The topological polar surface area (TPSA) is 38.9 Å². The van der Waals surface area contributed by atoms with Crippen LogP contribution in [0.15, 0.2) is 12.1 Å². The fourth-order valence-corrected chi connectivity index (χ4v) is 0.526. The van der Waals surface area contributed by atoms with Gasteiger partial charge in [-0.05, 0) is 5.56 Å². The maximum atomic E-state index is 11.8. The van der Waals surface area contributed by atoms with Crippen molar-refractivity contribution in [3.63, 3.8) is 0 Å². The second-order valence-corrected chi connectivity index (χ2v) is 1.89. The predicted molar refractivity (Wildman–Crippen MR) is 38.9 cm³/mol. The summed E-state index contributed by atoms with van der Waals surface area (Å²) in [6.45, 7) is 0. The van der Waals surface area contributed by atoms with Crippen LogP contribution < -0.4 is 57.1 Å². The summed E-state index contributed by atoms with van der Waals surface area (Å²) >= 11 is 0. The van der Waals surface area contributed by atoms with Crippen molar-refractivity contribution in [2.24, 2.45) is 0 Å². The van der Waals surface area contributed by atoms with Crippen LogP contribution in [-0.2, 0) is 6.18 Å². The molecule has 0 saturated heterocycles. The van der Waals surface area contributed by atoms with Crippen molar-refractivity contribution in [1.82, 2.24) is 4.98 Å². The van der Waals surface area contributed by atoms with E-state index in [0.29, 0.717) is 0 Å². The molecule has 0 bridgehead atoms. The summed E-state index contributed by atoms with van der Waals surface area (Å²) in [6, 6.07) is 1.92. The Labute approximate surface area is 117 Å². The number of pyridine rings is 1. The van der Waals surface area contributed by atoms with E-state index in [1.54, 1.807) is 6.20 Å². The third kappa shape index (κ3) is 4.97. The number of rotatable bonds is 0. The van der Waals surface area contributed by atoms with Gasteiger partial charge in [-0.25, -0.2) is 0 Å². The smallest absolute Gasteiger partial charge is 0.435 e. The monoisotopic (exact) mass is 215 g/mol. The Morgan fingerprint density at radius 3 is 2.15 bits per heavy atom. The number of nitrogen functional groups attached to an aromatic ring is 1. The normalized spacial score (nSPS) is 9.77. The first-order chi connectivity index (χ1) is 5.00. The Morgan fingerprint density at radius 2 is 1.85 bits per heavy atom. The SMILES string of the molecule is Nc1ccc(C(F)(F)F)[c-]n1.[CH3-].[K+]. The average Bonchev–Trinajstić information content (AvgIpc) is 1.86. The summed E-state index contributed by atoms with van der Waals surface area (Å²) in [7, 11) is 0. The van der Waals surface area contributed by atoms with Crippen LogP contribution in [0.3, 0.4) is 0 Å². The van der Waals surface area contributed by atoms with Gasteiger partial charge in [-0.3, -0.25) is 0 Å². The van der Waals surface area contributed by atoms with Gasteiger partial charge < -0.3 is 18.1 Å². The molecule has 1 aromatic heterocycles. The van der Waals surface area contributed by atoms with Gasteiger partial charge in [-0.1, -0.05) is 6.20 Å². The van der Waals surface area contributed by atoms with Crippen LogP contribution in [0.25, 0.3) is 0 Å². The van der Waals surface area contributed by atoms with Gasteiger partial charge in [0.1, 0.15) is 0 Å². The van der Waals surface area contributed by atoms with Gasteiger partial charge >= 0.3 is 57.6 Å². The zero-order chi connectivity index (χ0) is 8.48. The van der Waals surface area contributed by atoms with E-state index in [-0.39, 0.29) is 64.6 Å². The molecule has 0 radical (unpaired) electrons. The third-order valence-corrected chi connectivity index (χ3v) is 1.03. The van der Waals surface area contributed by atoms with Crippen molar-refractivity contribution in [1.29, 1.82) is 0 Å². The second kappa shape index (κ2) is 5.97. The molecule has 0 atom stereocenters. The molecule has 13 heavy (non-hydrogen) atoms. The van der Waals surface area contributed by atoms with Crippen molar-refractivity contribution in [3.05, 3.63) is 31.3 Å². The van der Waals surface area contributed by atoms with E-state index in [4.69, 9.17) is 5.73 Å². The first-order valence-electron chi connectivity index (χ1n) is 2.71. The fraction of sp³-hybridized carbons (Fsp3) is 0.143. The minimum atomic E-state index is -4.39. The minimum absolute atomic E-state index is 0.